The molecule has 0 bridgehead atoms. The number of rotatable bonds is 7. The molecule has 23 heavy (non-hydrogen) atoms. The lowest BCUT2D eigenvalue weighted by Crippen LogP contribution is -2.34. The lowest BCUT2D eigenvalue weighted by molar-refractivity contribution is -0.144. The molecular formula is C17H21F2NO3. The SMILES string of the molecule is CCOC(=O)CCC(=O)NCC1(c2ccc(F)cc2F)CC1C. The van der Waals surface area contributed by atoms with Crippen LogP contribution < -0.4 is 5.32 Å². The highest BCUT2D eigenvalue weighted by Crippen LogP contribution is 2.54. The number of carbonyl (C=O) groups is 2. The van der Waals surface area contributed by atoms with Gasteiger partial charge in [-0.05, 0) is 30.9 Å². The smallest absolute Gasteiger partial charge is 0.306 e. The van der Waals surface area contributed by atoms with Gasteiger partial charge in [-0.2, -0.15) is 0 Å². The van der Waals surface area contributed by atoms with Gasteiger partial charge in [0.25, 0.3) is 0 Å². The van der Waals surface area contributed by atoms with E-state index in [0.29, 0.717) is 5.56 Å². The fourth-order valence-corrected chi connectivity index (χ4v) is 2.89. The monoisotopic (exact) mass is 325 g/mol. The van der Waals surface area contributed by atoms with Crippen LogP contribution in [-0.4, -0.2) is 25.0 Å². The molecule has 0 aliphatic heterocycles. The molecule has 2 atom stereocenters. The predicted octanol–water partition coefficient (Wildman–Crippen LogP) is 2.70. The first kappa shape index (κ1) is 17.4. The fraction of sp³-hybridized carbons (Fsp3) is 0.529. The van der Waals surface area contributed by atoms with Crippen LogP contribution in [0.2, 0.25) is 0 Å². The van der Waals surface area contributed by atoms with Crippen molar-refractivity contribution in [1.82, 2.24) is 5.32 Å². The lowest BCUT2D eigenvalue weighted by atomic mass is 9.92. The van der Waals surface area contributed by atoms with E-state index in [2.05, 4.69) is 5.32 Å². The van der Waals surface area contributed by atoms with Crippen molar-refractivity contribution in [2.75, 3.05) is 13.2 Å². The van der Waals surface area contributed by atoms with Gasteiger partial charge in [-0.15, -0.1) is 0 Å². The second-order valence-electron chi connectivity index (χ2n) is 5.97. The number of nitrogens with one attached hydrogen (secondary N) is 1. The number of ether oxygens (including phenoxy) is 1. The minimum absolute atomic E-state index is 0.0210. The molecular weight excluding hydrogens is 304 g/mol. The normalized spacial score (nSPS) is 22.5. The highest BCUT2D eigenvalue weighted by atomic mass is 19.1. The lowest BCUT2D eigenvalue weighted by Gasteiger charge is -2.19. The van der Waals surface area contributed by atoms with E-state index in [-0.39, 0.29) is 37.8 Å². The number of benzene rings is 1. The summed E-state index contributed by atoms with van der Waals surface area (Å²) in [5.74, 6) is -1.70. The van der Waals surface area contributed by atoms with Crippen LogP contribution in [0.5, 0.6) is 0 Å². The minimum Gasteiger partial charge on any atom is -0.466 e. The molecule has 0 radical (unpaired) electrons. The molecule has 1 aromatic rings. The standard InChI is InChI=1S/C17H21F2NO3/c1-3-23-16(22)7-6-15(21)20-10-17(9-11(17)2)13-5-4-12(18)8-14(13)19/h4-5,8,11H,3,6-7,9-10H2,1-2H3,(H,20,21). The van der Waals surface area contributed by atoms with Crippen LogP contribution in [0.4, 0.5) is 8.78 Å². The second kappa shape index (κ2) is 7.06. The number of carbonyl (C=O) groups excluding carboxylic acids is 2. The summed E-state index contributed by atoms with van der Waals surface area (Å²) in [6, 6.07) is 3.54. The molecule has 2 rings (SSSR count). The summed E-state index contributed by atoms with van der Waals surface area (Å²) < 4.78 is 31.8. The molecule has 0 heterocycles. The number of amides is 1. The van der Waals surface area contributed by atoms with Crippen LogP contribution in [0.1, 0.15) is 38.7 Å². The topological polar surface area (TPSA) is 55.4 Å². The zero-order chi connectivity index (χ0) is 17.0. The molecule has 0 aromatic heterocycles. The van der Waals surface area contributed by atoms with Crippen LogP contribution in [0.25, 0.3) is 0 Å². The zero-order valence-corrected chi connectivity index (χ0v) is 13.3. The van der Waals surface area contributed by atoms with Gasteiger partial charge in [0.2, 0.25) is 5.91 Å². The highest BCUT2D eigenvalue weighted by molar-refractivity contribution is 5.81. The maximum atomic E-state index is 14.0. The summed E-state index contributed by atoms with van der Waals surface area (Å²) in [6.45, 7) is 4.23. The maximum Gasteiger partial charge on any atom is 0.306 e. The Bertz CT molecular complexity index is 606. The van der Waals surface area contributed by atoms with E-state index in [1.165, 1.54) is 12.1 Å². The Hall–Kier alpha value is -1.98. The first-order valence-corrected chi connectivity index (χ1v) is 7.77. The molecule has 6 heteroatoms. The Balaban J connectivity index is 1.93. The molecule has 0 saturated heterocycles. The first-order chi connectivity index (χ1) is 10.9. The van der Waals surface area contributed by atoms with Crippen molar-refractivity contribution in [3.8, 4) is 0 Å². The minimum atomic E-state index is -0.617. The third-order valence-corrected chi connectivity index (χ3v) is 4.38. The Morgan fingerprint density at radius 2 is 2.04 bits per heavy atom. The summed E-state index contributed by atoms with van der Waals surface area (Å²) in [7, 11) is 0. The van der Waals surface area contributed by atoms with Crippen molar-refractivity contribution >= 4 is 11.9 Å². The van der Waals surface area contributed by atoms with E-state index in [1.54, 1.807) is 6.92 Å². The molecule has 1 N–H and O–H groups in total. The molecule has 4 nitrogen and oxygen atoms in total. The zero-order valence-electron chi connectivity index (χ0n) is 13.3. The molecule has 1 saturated carbocycles. The van der Waals surface area contributed by atoms with Gasteiger partial charge in [-0.3, -0.25) is 9.59 Å². The van der Waals surface area contributed by atoms with E-state index in [1.807, 2.05) is 6.92 Å². The van der Waals surface area contributed by atoms with Gasteiger partial charge < -0.3 is 10.1 Å². The number of hydrogen-bond donors (Lipinski definition) is 1. The average molecular weight is 325 g/mol. The summed E-state index contributed by atoms with van der Waals surface area (Å²) in [6.07, 6.45) is 0.788. The van der Waals surface area contributed by atoms with E-state index in [4.69, 9.17) is 4.74 Å². The van der Waals surface area contributed by atoms with Crippen LogP contribution in [0, 0.1) is 17.6 Å². The second-order valence-corrected chi connectivity index (χ2v) is 5.97. The van der Waals surface area contributed by atoms with Crippen molar-refractivity contribution in [1.29, 1.82) is 0 Å². The van der Waals surface area contributed by atoms with Crippen LogP contribution in [0.15, 0.2) is 18.2 Å². The van der Waals surface area contributed by atoms with E-state index in [0.717, 1.165) is 12.5 Å². The largest absolute Gasteiger partial charge is 0.466 e. The fourth-order valence-electron chi connectivity index (χ4n) is 2.89. The van der Waals surface area contributed by atoms with Crippen LogP contribution in [-0.2, 0) is 19.7 Å². The maximum absolute atomic E-state index is 14.0. The quantitative estimate of drug-likeness (QED) is 0.784. The van der Waals surface area contributed by atoms with Crippen molar-refractivity contribution in [3.05, 3.63) is 35.4 Å². The predicted molar refractivity (Wildman–Crippen MR) is 80.7 cm³/mol. The Morgan fingerprint density at radius 1 is 1.35 bits per heavy atom. The van der Waals surface area contributed by atoms with Crippen molar-refractivity contribution < 1.29 is 23.1 Å². The Morgan fingerprint density at radius 3 is 2.61 bits per heavy atom. The van der Waals surface area contributed by atoms with E-state index >= 15 is 0 Å². The summed E-state index contributed by atoms with van der Waals surface area (Å²) in [4.78, 5) is 23.1. The third-order valence-electron chi connectivity index (χ3n) is 4.38. The van der Waals surface area contributed by atoms with Crippen molar-refractivity contribution in [2.45, 2.75) is 38.5 Å². The molecule has 2 unspecified atom stereocenters. The van der Waals surface area contributed by atoms with Gasteiger partial charge in [0, 0.05) is 24.4 Å². The van der Waals surface area contributed by atoms with E-state index in [9.17, 15) is 18.4 Å². The molecule has 1 aliphatic rings. The molecule has 0 spiro atoms. The molecule has 1 amide bonds. The molecule has 1 aromatic carbocycles. The summed E-state index contributed by atoms with van der Waals surface area (Å²) >= 11 is 0. The van der Waals surface area contributed by atoms with Crippen LogP contribution in [0.3, 0.4) is 0 Å². The first-order valence-electron chi connectivity index (χ1n) is 7.77. The van der Waals surface area contributed by atoms with Gasteiger partial charge in [0.15, 0.2) is 0 Å². The third kappa shape index (κ3) is 4.06. The van der Waals surface area contributed by atoms with Gasteiger partial charge in [-0.1, -0.05) is 13.0 Å². The van der Waals surface area contributed by atoms with Gasteiger partial charge in [0.1, 0.15) is 11.6 Å². The van der Waals surface area contributed by atoms with Gasteiger partial charge >= 0.3 is 5.97 Å². The Labute approximate surface area is 134 Å². The average Bonchev–Trinajstić information content (AvgIpc) is 3.14. The van der Waals surface area contributed by atoms with Crippen molar-refractivity contribution in [2.24, 2.45) is 5.92 Å². The van der Waals surface area contributed by atoms with Crippen LogP contribution >= 0.6 is 0 Å². The van der Waals surface area contributed by atoms with E-state index < -0.39 is 23.0 Å². The number of hydrogen-bond acceptors (Lipinski definition) is 3. The van der Waals surface area contributed by atoms with Gasteiger partial charge in [-0.25, -0.2) is 8.78 Å². The number of halogens is 2. The van der Waals surface area contributed by atoms with Crippen molar-refractivity contribution in [3.63, 3.8) is 0 Å². The molecule has 126 valence electrons. The summed E-state index contributed by atoms with van der Waals surface area (Å²) in [5.41, 5.74) is -0.0609. The van der Waals surface area contributed by atoms with Gasteiger partial charge in [0.05, 0.1) is 13.0 Å². The number of esters is 1. The summed E-state index contributed by atoms with van der Waals surface area (Å²) in [5, 5.41) is 2.75. The molecule has 1 aliphatic carbocycles. The Kier molecular flexibility index (Phi) is 5.34. The molecule has 1 fully saturated rings. The highest BCUT2D eigenvalue weighted by Gasteiger charge is 2.53.